The molecule has 1 unspecified atom stereocenters. The lowest BCUT2D eigenvalue weighted by Crippen LogP contribution is -2.37. The Balaban J connectivity index is 4.44. The van der Waals surface area contributed by atoms with Gasteiger partial charge in [0.25, 0.3) is 0 Å². The van der Waals surface area contributed by atoms with E-state index in [4.69, 9.17) is 16.2 Å². The first-order chi connectivity index (χ1) is 5.43. The Morgan fingerprint density at radius 3 is 2.42 bits per heavy atom. The zero-order valence-corrected chi connectivity index (χ0v) is 8.47. The van der Waals surface area contributed by atoms with Gasteiger partial charge in [0.1, 0.15) is 12.2 Å². The highest BCUT2D eigenvalue weighted by Gasteiger charge is 2.25. The highest BCUT2D eigenvalue weighted by Crippen LogP contribution is 2.12. The minimum Gasteiger partial charge on any atom is -0.368 e. The molecule has 0 radical (unpaired) electrons. The predicted molar refractivity (Wildman–Crippen MR) is 45.2 cm³/mol. The summed E-state index contributed by atoms with van der Waals surface area (Å²) in [6.45, 7) is 1.45. The quantitative estimate of drug-likeness (QED) is 0.318. The Morgan fingerprint density at radius 2 is 2.17 bits per heavy atom. The minimum atomic E-state index is -4.26. The molecule has 12 heavy (non-hydrogen) atoms. The van der Waals surface area contributed by atoms with Crippen molar-refractivity contribution in [1.82, 2.24) is 4.31 Å². The molecule has 0 saturated heterocycles. The zero-order chi connectivity index (χ0) is 9.78. The molecule has 0 heterocycles. The van der Waals surface area contributed by atoms with E-state index in [1.165, 1.54) is 7.11 Å². The second-order valence-corrected chi connectivity index (χ2v) is 3.99. The molecular weight excluding hydrogens is 206 g/mol. The minimum absolute atomic E-state index is 0.249. The molecule has 0 amide bonds. The molecule has 74 valence electrons. The van der Waals surface area contributed by atoms with Crippen molar-refractivity contribution >= 4 is 21.9 Å². The maximum absolute atomic E-state index is 10.6. The van der Waals surface area contributed by atoms with Gasteiger partial charge in [0.2, 0.25) is 0 Å². The molecule has 1 N–H and O–H groups in total. The topological polar surface area (TPSA) is 66.8 Å². The second-order valence-electron chi connectivity index (χ2n) is 2.13. The summed E-state index contributed by atoms with van der Waals surface area (Å²) in [5, 5.41) is 0. The number of rotatable bonds is 5. The summed E-state index contributed by atoms with van der Waals surface area (Å²) in [5.74, 6) is 0. The van der Waals surface area contributed by atoms with Crippen LogP contribution < -0.4 is 0 Å². The number of alkyl halides is 1. The average Bonchev–Trinajstić information content (AvgIpc) is 1.96. The number of halogens is 1. The number of methoxy groups -OCH3 is 1. The van der Waals surface area contributed by atoms with E-state index in [0.29, 0.717) is 10.7 Å². The molecule has 5 nitrogen and oxygen atoms in total. The van der Waals surface area contributed by atoms with Gasteiger partial charge in [-0.05, 0) is 6.42 Å². The summed E-state index contributed by atoms with van der Waals surface area (Å²) in [6.07, 6.45) is 0.394. The van der Waals surface area contributed by atoms with E-state index in [0.717, 1.165) is 0 Å². The van der Waals surface area contributed by atoms with Gasteiger partial charge in [-0.1, -0.05) is 6.92 Å². The van der Waals surface area contributed by atoms with Crippen LogP contribution in [0.2, 0.25) is 0 Å². The van der Waals surface area contributed by atoms with E-state index in [1.807, 2.05) is 0 Å². The summed E-state index contributed by atoms with van der Waals surface area (Å²) in [5.41, 5.74) is -0.778. The lowest BCUT2D eigenvalue weighted by Gasteiger charge is -2.21. The van der Waals surface area contributed by atoms with Crippen LogP contribution in [0.15, 0.2) is 0 Å². The van der Waals surface area contributed by atoms with Crippen LogP contribution in [0, 0.1) is 0 Å². The van der Waals surface area contributed by atoms with Crippen molar-refractivity contribution in [1.29, 1.82) is 0 Å². The third kappa shape index (κ3) is 3.68. The molecule has 0 fully saturated rings. The van der Waals surface area contributed by atoms with Crippen LogP contribution in [0.25, 0.3) is 0 Å². The average molecular weight is 218 g/mol. The van der Waals surface area contributed by atoms with E-state index in [1.54, 1.807) is 6.92 Å². The molecule has 7 heteroatoms. The fraction of sp³-hybridized carbons (Fsp3) is 1.00. The van der Waals surface area contributed by atoms with Crippen molar-refractivity contribution in [3.05, 3.63) is 0 Å². The van der Waals surface area contributed by atoms with Crippen LogP contribution in [0.4, 0.5) is 0 Å². The SMILES string of the molecule is CCC(Cl)N(COC)S(=O)(=O)O. The first kappa shape index (κ1) is 12.1. The lowest BCUT2D eigenvalue weighted by molar-refractivity contribution is 0.103. The molecule has 0 aliphatic carbocycles. The van der Waals surface area contributed by atoms with Crippen molar-refractivity contribution in [2.75, 3.05) is 13.8 Å². The van der Waals surface area contributed by atoms with Gasteiger partial charge in [0.05, 0.1) is 0 Å². The molecule has 0 rings (SSSR count). The molecule has 0 aromatic rings. The number of nitrogens with zero attached hydrogens (tertiary/aromatic N) is 1. The van der Waals surface area contributed by atoms with Crippen molar-refractivity contribution in [3.8, 4) is 0 Å². The van der Waals surface area contributed by atoms with Crippen LogP contribution in [0.3, 0.4) is 0 Å². The van der Waals surface area contributed by atoms with Gasteiger partial charge in [-0.25, -0.2) is 0 Å². The van der Waals surface area contributed by atoms with Crippen LogP contribution >= 0.6 is 11.6 Å². The third-order valence-electron chi connectivity index (χ3n) is 1.20. The first-order valence-corrected chi connectivity index (χ1v) is 5.14. The van der Waals surface area contributed by atoms with Crippen LogP contribution in [0.5, 0.6) is 0 Å². The maximum Gasteiger partial charge on any atom is 0.339 e. The predicted octanol–water partition coefficient (Wildman–Crippen LogP) is 0.670. The van der Waals surface area contributed by atoms with E-state index in [2.05, 4.69) is 4.74 Å². The second kappa shape index (κ2) is 4.98. The zero-order valence-electron chi connectivity index (χ0n) is 6.90. The van der Waals surface area contributed by atoms with Gasteiger partial charge in [-0.3, -0.25) is 4.55 Å². The molecule has 0 aliphatic rings. The van der Waals surface area contributed by atoms with Gasteiger partial charge >= 0.3 is 10.3 Å². The Hall–Kier alpha value is 0.120. The fourth-order valence-electron chi connectivity index (χ4n) is 0.623. The Morgan fingerprint density at radius 1 is 1.67 bits per heavy atom. The van der Waals surface area contributed by atoms with Gasteiger partial charge in [-0.2, -0.15) is 8.42 Å². The maximum atomic E-state index is 10.6. The standard InChI is InChI=1S/C5H12ClNO4S/c1-3-5(6)7(4-11-2)12(8,9)10/h5H,3-4H2,1-2H3,(H,8,9,10). The van der Waals surface area contributed by atoms with Gasteiger partial charge < -0.3 is 4.74 Å². The summed E-state index contributed by atoms with van der Waals surface area (Å²) < 4.78 is 35.1. The Bertz CT molecular complexity index is 217. The van der Waals surface area contributed by atoms with Crippen LogP contribution in [-0.2, 0) is 15.0 Å². The molecule has 0 bridgehead atoms. The highest BCUT2D eigenvalue weighted by atomic mass is 35.5. The van der Waals surface area contributed by atoms with Crippen molar-refractivity contribution < 1.29 is 17.7 Å². The third-order valence-corrected chi connectivity index (χ3v) is 2.81. The van der Waals surface area contributed by atoms with E-state index in [-0.39, 0.29) is 6.73 Å². The highest BCUT2D eigenvalue weighted by molar-refractivity contribution is 7.83. The van der Waals surface area contributed by atoms with Crippen LogP contribution in [0.1, 0.15) is 13.3 Å². The Labute approximate surface area is 77.1 Å². The van der Waals surface area contributed by atoms with E-state index < -0.39 is 15.8 Å². The van der Waals surface area contributed by atoms with Gasteiger partial charge in [-0.15, -0.1) is 15.9 Å². The smallest absolute Gasteiger partial charge is 0.339 e. The Kier molecular flexibility index (Phi) is 5.03. The van der Waals surface area contributed by atoms with Crippen molar-refractivity contribution in [2.45, 2.75) is 18.8 Å². The first-order valence-electron chi connectivity index (χ1n) is 3.30. The largest absolute Gasteiger partial charge is 0.368 e. The van der Waals surface area contributed by atoms with Gasteiger partial charge in [0, 0.05) is 7.11 Å². The molecule has 0 aliphatic heterocycles. The molecule has 1 atom stereocenters. The summed E-state index contributed by atoms with van der Waals surface area (Å²) in [4.78, 5) is 0. The number of ether oxygens (including phenoxy) is 1. The normalized spacial score (nSPS) is 15.1. The van der Waals surface area contributed by atoms with E-state index >= 15 is 0 Å². The van der Waals surface area contributed by atoms with E-state index in [9.17, 15) is 8.42 Å². The molecule has 0 saturated carbocycles. The lowest BCUT2D eigenvalue weighted by atomic mass is 10.5. The molecule has 0 aromatic heterocycles. The summed E-state index contributed by atoms with van der Waals surface area (Å²) >= 11 is 5.60. The molecular formula is C5H12ClNO4S. The van der Waals surface area contributed by atoms with Crippen molar-refractivity contribution in [3.63, 3.8) is 0 Å². The number of hydrogen-bond donors (Lipinski definition) is 1. The summed E-state index contributed by atoms with van der Waals surface area (Å²) in [6, 6.07) is 0. The monoisotopic (exact) mass is 217 g/mol. The van der Waals surface area contributed by atoms with Gasteiger partial charge in [0.15, 0.2) is 0 Å². The fourth-order valence-corrected chi connectivity index (χ4v) is 1.66. The molecule has 0 aromatic carbocycles. The van der Waals surface area contributed by atoms with Crippen molar-refractivity contribution in [2.24, 2.45) is 0 Å². The number of hydrogen-bond acceptors (Lipinski definition) is 3. The van der Waals surface area contributed by atoms with Crippen LogP contribution in [-0.4, -0.2) is 36.6 Å². The summed E-state index contributed by atoms with van der Waals surface area (Å²) in [7, 11) is -2.95. The molecule has 0 spiro atoms.